The lowest BCUT2D eigenvalue weighted by Crippen LogP contribution is -2.51. The number of hydrogen-bond donors (Lipinski definition) is 0. The van der Waals surface area contributed by atoms with Crippen molar-refractivity contribution in [1.29, 1.82) is 0 Å². The zero-order valence-corrected chi connectivity index (χ0v) is 15.1. The number of benzene rings is 2. The summed E-state index contributed by atoms with van der Waals surface area (Å²) < 4.78 is 65.9. The van der Waals surface area contributed by atoms with E-state index in [1.54, 1.807) is 12.1 Å². The first-order valence-electron chi connectivity index (χ1n) is 8.45. The number of hydrogen-bond acceptors (Lipinski definition) is 2. The summed E-state index contributed by atoms with van der Waals surface area (Å²) in [5.41, 5.74) is 2.84. The summed E-state index contributed by atoms with van der Waals surface area (Å²) in [7, 11) is -4.19. The van der Waals surface area contributed by atoms with E-state index in [0.29, 0.717) is 17.1 Å². The van der Waals surface area contributed by atoms with Crippen LogP contribution in [0.5, 0.6) is 0 Å². The van der Waals surface area contributed by atoms with Gasteiger partial charge in [0.25, 0.3) is 0 Å². The molecule has 1 saturated heterocycles. The molecule has 1 aliphatic rings. The van der Waals surface area contributed by atoms with Crippen molar-refractivity contribution in [3.05, 3.63) is 54.1 Å². The first-order chi connectivity index (χ1) is 12.2. The normalized spacial score (nSPS) is 19.5. The number of piperidine rings is 1. The summed E-state index contributed by atoms with van der Waals surface area (Å²) in [6.07, 6.45) is -3.94. The van der Waals surface area contributed by atoms with Gasteiger partial charge in [-0.2, -0.15) is 17.5 Å². The summed E-state index contributed by atoms with van der Waals surface area (Å²) in [6.45, 7) is 1.86. The third-order valence-electron chi connectivity index (χ3n) is 4.68. The Hall–Kier alpha value is -1.86. The maximum Gasteiger partial charge on any atom is 0.405 e. The van der Waals surface area contributed by atoms with E-state index < -0.39 is 22.2 Å². The van der Waals surface area contributed by atoms with Gasteiger partial charge in [-0.1, -0.05) is 48.4 Å². The fourth-order valence-corrected chi connectivity index (χ4v) is 4.90. The lowest BCUT2D eigenvalue weighted by atomic mass is 10.0. The number of sulfonamides is 1. The molecule has 0 saturated carbocycles. The number of aryl methyl sites for hydroxylation is 1. The quantitative estimate of drug-likeness (QED) is 0.766. The highest BCUT2D eigenvalue weighted by Crippen LogP contribution is 2.35. The second-order valence-electron chi connectivity index (χ2n) is 6.56. The van der Waals surface area contributed by atoms with Crippen molar-refractivity contribution in [2.45, 2.75) is 43.3 Å². The molecule has 2 aromatic rings. The first kappa shape index (κ1) is 18.9. The SMILES string of the molecule is Cc1ccc(-c2ccc(S(=O)(=O)N3CCCCC3C(F)(F)F)cc2)cc1. The molecule has 2 aromatic carbocycles. The second kappa shape index (κ2) is 7.04. The molecular formula is C19H20F3NO2S. The molecule has 1 fully saturated rings. The summed E-state index contributed by atoms with van der Waals surface area (Å²) in [5, 5.41) is 0. The molecule has 3 rings (SSSR count). The lowest BCUT2D eigenvalue weighted by molar-refractivity contribution is -0.177. The van der Waals surface area contributed by atoms with Crippen molar-refractivity contribution in [3.8, 4) is 11.1 Å². The van der Waals surface area contributed by atoms with Gasteiger partial charge in [0.2, 0.25) is 10.0 Å². The van der Waals surface area contributed by atoms with Gasteiger partial charge >= 0.3 is 6.18 Å². The van der Waals surface area contributed by atoms with Crippen LogP contribution in [0.3, 0.4) is 0 Å². The molecule has 1 unspecified atom stereocenters. The molecule has 0 radical (unpaired) electrons. The number of nitrogens with zero attached hydrogens (tertiary/aromatic N) is 1. The lowest BCUT2D eigenvalue weighted by Gasteiger charge is -2.35. The van der Waals surface area contributed by atoms with Gasteiger partial charge in [-0.05, 0) is 43.0 Å². The van der Waals surface area contributed by atoms with Crippen molar-refractivity contribution in [3.63, 3.8) is 0 Å². The Morgan fingerprint density at radius 2 is 1.46 bits per heavy atom. The molecule has 140 valence electrons. The van der Waals surface area contributed by atoms with Crippen LogP contribution in [-0.2, 0) is 10.0 Å². The van der Waals surface area contributed by atoms with Crippen LogP contribution in [0.15, 0.2) is 53.4 Å². The van der Waals surface area contributed by atoms with E-state index >= 15 is 0 Å². The topological polar surface area (TPSA) is 37.4 Å². The van der Waals surface area contributed by atoms with Gasteiger partial charge in [-0.25, -0.2) is 8.42 Å². The molecule has 0 aromatic heterocycles. The van der Waals surface area contributed by atoms with Gasteiger partial charge in [0.05, 0.1) is 4.90 Å². The first-order valence-corrected chi connectivity index (χ1v) is 9.89. The number of alkyl halides is 3. The van der Waals surface area contributed by atoms with E-state index in [2.05, 4.69) is 0 Å². The predicted octanol–water partition coefficient (Wildman–Crippen LogP) is 4.77. The van der Waals surface area contributed by atoms with Crippen molar-refractivity contribution < 1.29 is 21.6 Å². The average molecular weight is 383 g/mol. The van der Waals surface area contributed by atoms with Gasteiger partial charge in [0.1, 0.15) is 6.04 Å². The summed E-state index contributed by atoms with van der Waals surface area (Å²) in [4.78, 5) is -0.107. The Kier molecular flexibility index (Phi) is 5.12. The van der Waals surface area contributed by atoms with E-state index in [-0.39, 0.29) is 17.9 Å². The Morgan fingerprint density at radius 3 is 2.00 bits per heavy atom. The minimum atomic E-state index is -4.56. The predicted molar refractivity (Wildman–Crippen MR) is 94.2 cm³/mol. The zero-order chi connectivity index (χ0) is 18.9. The van der Waals surface area contributed by atoms with Gasteiger partial charge in [0.15, 0.2) is 0 Å². The molecule has 0 aliphatic carbocycles. The summed E-state index contributed by atoms with van der Waals surface area (Å²) in [6, 6.07) is 11.8. The van der Waals surface area contributed by atoms with E-state index in [9.17, 15) is 21.6 Å². The third kappa shape index (κ3) is 3.78. The van der Waals surface area contributed by atoms with Crippen molar-refractivity contribution in [1.82, 2.24) is 4.31 Å². The van der Waals surface area contributed by atoms with Crippen LogP contribution in [0.1, 0.15) is 24.8 Å². The standard InChI is InChI=1S/C19H20F3NO2S/c1-14-5-7-15(8-6-14)16-9-11-17(12-10-16)26(24,25)23-13-3-2-4-18(23)19(20,21)22/h5-12,18H,2-4,13H2,1H3. The molecule has 26 heavy (non-hydrogen) atoms. The van der Waals surface area contributed by atoms with Crippen LogP contribution in [0.2, 0.25) is 0 Å². The Bertz CT molecular complexity index is 859. The molecule has 1 atom stereocenters. The average Bonchev–Trinajstić information content (AvgIpc) is 2.62. The largest absolute Gasteiger partial charge is 0.405 e. The van der Waals surface area contributed by atoms with E-state index in [0.717, 1.165) is 16.7 Å². The second-order valence-corrected chi connectivity index (χ2v) is 8.45. The number of rotatable bonds is 3. The Labute approximate surface area is 151 Å². The minimum Gasteiger partial charge on any atom is -0.207 e. The maximum absolute atomic E-state index is 13.2. The molecule has 0 amide bonds. The highest BCUT2D eigenvalue weighted by Gasteiger charge is 2.48. The van der Waals surface area contributed by atoms with Crippen molar-refractivity contribution in [2.24, 2.45) is 0 Å². The zero-order valence-electron chi connectivity index (χ0n) is 14.3. The molecule has 3 nitrogen and oxygen atoms in total. The summed E-state index contributed by atoms with van der Waals surface area (Å²) in [5.74, 6) is 0. The molecular weight excluding hydrogens is 363 g/mol. The van der Waals surface area contributed by atoms with Gasteiger partial charge in [-0.15, -0.1) is 0 Å². The van der Waals surface area contributed by atoms with Crippen LogP contribution < -0.4 is 0 Å². The van der Waals surface area contributed by atoms with Crippen LogP contribution in [-0.4, -0.2) is 31.5 Å². The molecule has 7 heteroatoms. The fourth-order valence-electron chi connectivity index (χ4n) is 3.22. The molecule has 0 spiro atoms. The van der Waals surface area contributed by atoms with E-state index in [4.69, 9.17) is 0 Å². The smallest absolute Gasteiger partial charge is 0.207 e. The number of halogens is 3. The third-order valence-corrected chi connectivity index (χ3v) is 6.60. The molecule has 1 heterocycles. The monoisotopic (exact) mass is 383 g/mol. The van der Waals surface area contributed by atoms with Gasteiger partial charge in [0, 0.05) is 6.54 Å². The molecule has 0 N–H and O–H groups in total. The van der Waals surface area contributed by atoms with E-state index in [1.165, 1.54) is 12.1 Å². The highest BCUT2D eigenvalue weighted by molar-refractivity contribution is 7.89. The van der Waals surface area contributed by atoms with Crippen LogP contribution in [0.25, 0.3) is 11.1 Å². The summed E-state index contributed by atoms with van der Waals surface area (Å²) >= 11 is 0. The van der Waals surface area contributed by atoms with Crippen LogP contribution in [0.4, 0.5) is 13.2 Å². The Morgan fingerprint density at radius 1 is 0.923 bits per heavy atom. The van der Waals surface area contributed by atoms with Crippen LogP contribution >= 0.6 is 0 Å². The molecule has 0 bridgehead atoms. The fraction of sp³-hybridized carbons (Fsp3) is 0.368. The van der Waals surface area contributed by atoms with Crippen molar-refractivity contribution in [2.75, 3.05) is 6.54 Å². The minimum absolute atomic E-state index is 0.105. The molecule has 1 aliphatic heterocycles. The van der Waals surface area contributed by atoms with Gasteiger partial charge in [-0.3, -0.25) is 0 Å². The van der Waals surface area contributed by atoms with E-state index in [1.807, 2.05) is 31.2 Å². The van der Waals surface area contributed by atoms with Crippen LogP contribution in [0, 0.1) is 6.92 Å². The van der Waals surface area contributed by atoms with Crippen molar-refractivity contribution >= 4 is 10.0 Å². The maximum atomic E-state index is 13.2. The van der Waals surface area contributed by atoms with Gasteiger partial charge < -0.3 is 0 Å². The highest BCUT2D eigenvalue weighted by atomic mass is 32.2. The Balaban J connectivity index is 1.90.